The van der Waals surface area contributed by atoms with Gasteiger partial charge in [0.1, 0.15) is 6.04 Å². The molecule has 2 atom stereocenters. The lowest BCUT2D eigenvalue weighted by Crippen LogP contribution is -2.58. The van der Waals surface area contributed by atoms with Crippen LogP contribution in [0.2, 0.25) is 0 Å². The number of nitrogens with zero attached hydrogens (tertiary/aromatic N) is 1. The first-order chi connectivity index (χ1) is 8.06. The summed E-state index contributed by atoms with van der Waals surface area (Å²) in [5.41, 5.74) is 0. The molecular formula is C11H22N4O2. The number of likely N-dealkylation sites (N-methyl/N-ethyl adjacent to an activating group) is 1. The van der Waals surface area contributed by atoms with Crippen molar-refractivity contribution in [2.45, 2.75) is 25.9 Å². The van der Waals surface area contributed by atoms with Gasteiger partial charge < -0.3 is 20.9 Å². The number of carbonyl (C=O) groups is 2. The first-order valence-electron chi connectivity index (χ1n) is 6.05. The van der Waals surface area contributed by atoms with E-state index in [2.05, 4.69) is 16.0 Å². The molecule has 6 nitrogen and oxygen atoms in total. The minimum absolute atomic E-state index is 0.0652. The highest BCUT2D eigenvalue weighted by molar-refractivity contribution is 5.89. The van der Waals surface area contributed by atoms with Gasteiger partial charge in [0.05, 0.1) is 6.04 Å². The highest BCUT2D eigenvalue weighted by atomic mass is 16.2. The number of carbonyl (C=O) groups excluding carboxylic acids is 2. The maximum Gasteiger partial charge on any atom is 0.244 e. The maximum absolute atomic E-state index is 11.8. The number of hydrogen-bond acceptors (Lipinski definition) is 4. The molecule has 98 valence electrons. The Bertz CT molecular complexity index is 277. The summed E-state index contributed by atoms with van der Waals surface area (Å²) in [5, 5.41) is 8.97. The quantitative estimate of drug-likeness (QED) is 0.563. The molecule has 0 saturated carbocycles. The fraction of sp³-hybridized carbons (Fsp3) is 0.818. The van der Waals surface area contributed by atoms with E-state index in [9.17, 15) is 9.59 Å². The Morgan fingerprint density at radius 2 is 2.18 bits per heavy atom. The Hall–Kier alpha value is -1.14. The Labute approximate surface area is 102 Å². The van der Waals surface area contributed by atoms with Gasteiger partial charge in [0.15, 0.2) is 0 Å². The molecule has 0 aromatic carbocycles. The third kappa shape index (κ3) is 3.98. The molecule has 1 rings (SSSR count). The molecule has 1 fully saturated rings. The second kappa shape index (κ2) is 6.56. The van der Waals surface area contributed by atoms with Crippen molar-refractivity contribution in [2.75, 3.05) is 33.2 Å². The summed E-state index contributed by atoms with van der Waals surface area (Å²) < 4.78 is 0. The molecule has 17 heavy (non-hydrogen) atoms. The van der Waals surface area contributed by atoms with Crippen molar-refractivity contribution in [1.82, 2.24) is 20.9 Å². The predicted molar refractivity (Wildman–Crippen MR) is 65.6 cm³/mol. The summed E-state index contributed by atoms with van der Waals surface area (Å²) in [4.78, 5) is 25.2. The van der Waals surface area contributed by atoms with Gasteiger partial charge in [-0.25, -0.2) is 0 Å². The Kier molecular flexibility index (Phi) is 5.37. The van der Waals surface area contributed by atoms with Gasteiger partial charge in [-0.3, -0.25) is 9.59 Å². The van der Waals surface area contributed by atoms with Crippen molar-refractivity contribution in [2.24, 2.45) is 0 Å². The van der Waals surface area contributed by atoms with Gasteiger partial charge in [0.25, 0.3) is 0 Å². The van der Waals surface area contributed by atoms with Gasteiger partial charge in [-0.2, -0.15) is 0 Å². The van der Waals surface area contributed by atoms with Crippen LogP contribution in [0.25, 0.3) is 0 Å². The second-order valence-electron chi connectivity index (χ2n) is 4.29. The molecule has 1 aliphatic heterocycles. The number of amides is 2. The highest BCUT2D eigenvalue weighted by Gasteiger charge is 2.24. The summed E-state index contributed by atoms with van der Waals surface area (Å²) in [6, 6.07) is -0.720. The number of rotatable bonds is 4. The third-order valence-electron chi connectivity index (χ3n) is 2.94. The predicted octanol–water partition coefficient (Wildman–Crippen LogP) is -1.47. The van der Waals surface area contributed by atoms with Crippen molar-refractivity contribution in [3.8, 4) is 0 Å². The Balaban J connectivity index is 2.41. The summed E-state index contributed by atoms with van der Waals surface area (Å²) >= 11 is 0. The van der Waals surface area contributed by atoms with E-state index in [0.29, 0.717) is 13.1 Å². The van der Waals surface area contributed by atoms with Gasteiger partial charge in [-0.1, -0.05) is 0 Å². The standard InChI is InChI=1S/C11H22N4O2/c1-4-15(3)11(17)8(2)14-10(16)9-7-12-5-6-13-9/h8-9,12-13H,4-7H2,1-3H3,(H,14,16). The van der Waals surface area contributed by atoms with Crippen LogP contribution in [-0.2, 0) is 9.59 Å². The van der Waals surface area contributed by atoms with Crippen molar-refractivity contribution < 1.29 is 9.59 Å². The zero-order valence-electron chi connectivity index (χ0n) is 10.7. The minimum Gasteiger partial charge on any atom is -0.344 e. The highest BCUT2D eigenvalue weighted by Crippen LogP contribution is 1.94. The normalized spacial score (nSPS) is 21.7. The molecule has 0 aliphatic carbocycles. The topological polar surface area (TPSA) is 73.5 Å². The molecule has 0 aromatic heterocycles. The van der Waals surface area contributed by atoms with Gasteiger partial charge >= 0.3 is 0 Å². The van der Waals surface area contributed by atoms with E-state index in [1.54, 1.807) is 18.9 Å². The Morgan fingerprint density at radius 3 is 2.71 bits per heavy atom. The van der Waals surface area contributed by atoms with E-state index < -0.39 is 6.04 Å². The summed E-state index contributed by atoms with van der Waals surface area (Å²) in [7, 11) is 1.73. The first kappa shape index (κ1) is 13.9. The molecule has 0 aromatic rings. The molecule has 2 amide bonds. The van der Waals surface area contributed by atoms with E-state index in [-0.39, 0.29) is 17.9 Å². The fourth-order valence-corrected chi connectivity index (χ4v) is 1.70. The lowest BCUT2D eigenvalue weighted by molar-refractivity contribution is -0.135. The molecule has 0 spiro atoms. The van der Waals surface area contributed by atoms with Crippen LogP contribution in [-0.4, -0.2) is 62.0 Å². The monoisotopic (exact) mass is 242 g/mol. The lowest BCUT2D eigenvalue weighted by atomic mass is 10.2. The summed E-state index contributed by atoms with van der Waals surface area (Å²) in [5.74, 6) is -0.188. The molecule has 3 N–H and O–H groups in total. The van der Waals surface area contributed by atoms with Crippen LogP contribution in [0.4, 0.5) is 0 Å². The van der Waals surface area contributed by atoms with Crippen LogP contribution in [0.5, 0.6) is 0 Å². The molecular weight excluding hydrogens is 220 g/mol. The zero-order valence-corrected chi connectivity index (χ0v) is 10.7. The minimum atomic E-state index is -0.476. The van der Waals surface area contributed by atoms with Crippen LogP contribution in [0.1, 0.15) is 13.8 Å². The molecule has 1 heterocycles. The fourth-order valence-electron chi connectivity index (χ4n) is 1.70. The van der Waals surface area contributed by atoms with Crippen LogP contribution in [0.3, 0.4) is 0 Å². The summed E-state index contributed by atoms with van der Waals surface area (Å²) in [6.45, 7) is 6.51. The van der Waals surface area contributed by atoms with E-state index in [4.69, 9.17) is 0 Å². The lowest BCUT2D eigenvalue weighted by Gasteiger charge is -2.26. The zero-order chi connectivity index (χ0) is 12.8. The van der Waals surface area contributed by atoms with Crippen LogP contribution in [0.15, 0.2) is 0 Å². The van der Waals surface area contributed by atoms with Crippen molar-refractivity contribution in [1.29, 1.82) is 0 Å². The molecule has 1 saturated heterocycles. The summed E-state index contributed by atoms with van der Waals surface area (Å²) in [6.07, 6.45) is 0. The average Bonchev–Trinajstić information content (AvgIpc) is 2.37. The first-order valence-corrected chi connectivity index (χ1v) is 6.05. The number of nitrogens with one attached hydrogen (secondary N) is 3. The molecule has 6 heteroatoms. The van der Waals surface area contributed by atoms with Crippen molar-refractivity contribution in [3.63, 3.8) is 0 Å². The van der Waals surface area contributed by atoms with Gasteiger partial charge in [0.2, 0.25) is 11.8 Å². The van der Waals surface area contributed by atoms with Gasteiger partial charge in [-0.15, -0.1) is 0 Å². The third-order valence-corrected chi connectivity index (χ3v) is 2.94. The SMILES string of the molecule is CCN(C)C(=O)C(C)NC(=O)C1CNCCN1. The van der Waals surface area contributed by atoms with E-state index >= 15 is 0 Å². The second-order valence-corrected chi connectivity index (χ2v) is 4.29. The van der Waals surface area contributed by atoms with E-state index in [1.807, 2.05) is 6.92 Å². The van der Waals surface area contributed by atoms with Crippen LogP contribution < -0.4 is 16.0 Å². The van der Waals surface area contributed by atoms with Crippen LogP contribution in [0, 0.1) is 0 Å². The largest absolute Gasteiger partial charge is 0.344 e. The average molecular weight is 242 g/mol. The molecule has 0 bridgehead atoms. The van der Waals surface area contributed by atoms with E-state index in [1.165, 1.54) is 0 Å². The molecule has 2 unspecified atom stereocenters. The molecule has 0 radical (unpaired) electrons. The van der Waals surface area contributed by atoms with Crippen molar-refractivity contribution >= 4 is 11.8 Å². The van der Waals surface area contributed by atoms with Crippen molar-refractivity contribution in [3.05, 3.63) is 0 Å². The number of piperazine rings is 1. The van der Waals surface area contributed by atoms with Crippen LogP contribution >= 0.6 is 0 Å². The Morgan fingerprint density at radius 1 is 1.47 bits per heavy atom. The van der Waals surface area contributed by atoms with Gasteiger partial charge in [-0.05, 0) is 13.8 Å². The molecule has 1 aliphatic rings. The maximum atomic E-state index is 11.8. The van der Waals surface area contributed by atoms with E-state index in [0.717, 1.165) is 13.1 Å². The smallest absolute Gasteiger partial charge is 0.244 e. The number of hydrogen-bond donors (Lipinski definition) is 3. The van der Waals surface area contributed by atoms with Gasteiger partial charge in [0, 0.05) is 33.2 Å².